The fraction of sp³-hybridized carbons (Fsp3) is 0.409. The molecule has 1 aromatic carbocycles. The zero-order chi connectivity index (χ0) is 22.6. The van der Waals surface area contributed by atoms with Crippen molar-refractivity contribution in [3.8, 4) is 11.8 Å². The molecule has 6 nitrogen and oxygen atoms in total. The molecule has 1 aliphatic heterocycles. The number of nitrogens with zero attached hydrogens (tertiary/aromatic N) is 3. The maximum atomic E-state index is 13.1. The number of hydrogen-bond donors (Lipinski definition) is 1. The van der Waals surface area contributed by atoms with E-state index in [1.54, 1.807) is 25.1 Å². The lowest BCUT2D eigenvalue weighted by molar-refractivity contribution is -0.141. The SMILES string of the molecule is COc1cc(C(C)C(=O)NCc2ccc(C(F)(F)F)nc2N2CCCC2)ccc1C#N. The number of anilines is 1. The van der Waals surface area contributed by atoms with Crippen molar-refractivity contribution in [3.05, 3.63) is 52.7 Å². The number of amides is 1. The number of hydrogen-bond acceptors (Lipinski definition) is 5. The molecule has 2 heterocycles. The molecule has 1 unspecified atom stereocenters. The molecule has 1 fully saturated rings. The van der Waals surface area contributed by atoms with Gasteiger partial charge in [0.25, 0.3) is 0 Å². The van der Waals surface area contributed by atoms with Crippen molar-refractivity contribution in [2.75, 3.05) is 25.1 Å². The van der Waals surface area contributed by atoms with Crippen LogP contribution in [0.3, 0.4) is 0 Å². The van der Waals surface area contributed by atoms with E-state index in [0.29, 0.717) is 35.5 Å². The largest absolute Gasteiger partial charge is 0.495 e. The summed E-state index contributed by atoms with van der Waals surface area (Å²) in [6.07, 6.45) is -2.75. The molecule has 31 heavy (non-hydrogen) atoms. The Labute approximate surface area is 178 Å². The number of alkyl halides is 3. The van der Waals surface area contributed by atoms with Crippen molar-refractivity contribution in [2.45, 2.75) is 38.4 Å². The zero-order valence-corrected chi connectivity index (χ0v) is 17.3. The van der Waals surface area contributed by atoms with Gasteiger partial charge in [0.2, 0.25) is 5.91 Å². The molecule has 1 atom stereocenters. The summed E-state index contributed by atoms with van der Waals surface area (Å²) in [7, 11) is 1.45. The number of nitriles is 1. The van der Waals surface area contributed by atoms with E-state index >= 15 is 0 Å². The van der Waals surface area contributed by atoms with Gasteiger partial charge in [-0.3, -0.25) is 4.79 Å². The summed E-state index contributed by atoms with van der Waals surface area (Å²) < 4.78 is 44.6. The van der Waals surface area contributed by atoms with Gasteiger partial charge in [0.05, 0.1) is 18.6 Å². The predicted octanol–water partition coefficient (Wildman–Crippen LogP) is 4.00. The van der Waals surface area contributed by atoms with Gasteiger partial charge in [-0.2, -0.15) is 18.4 Å². The van der Waals surface area contributed by atoms with E-state index in [0.717, 1.165) is 18.9 Å². The van der Waals surface area contributed by atoms with E-state index in [1.807, 2.05) is 11.0 Å². The number of pyridine rings is 1. The fourth-order valence-corrected chi connectivity index (χ4v) is 3.53. The van der Waals surface area contributed by atoms with Crippen LogP contribution in [-0.2, 0) is 17.5 Å². The highest BCUT2D eigenvalue weighted by Gasteiger charge is 2.34. The summed E-state index contributed by atoms with van der Waals surface area (Å²) in [5, 5.41) is 11.9. The Morgan fingerprint density at radius 3 is 2.61 bits per heavy atom. The maximum Gasteiger partial charge on any atom is 0.433 e. The highest BCUT2D eigenvalue weighted by Crippen LogP contribution is 2.32. The van der Waals surface area contributed by atoms with Gasteiger partial charge in [0.15, 0.2) is 0 Å². The van der Waals surface area contributed by atoms with Crippen LogP contribution in [0.5, 0.6) is 5.75 Å². The topological polar surface area (TPSA) is 78.2 Å². The van der Waals surface area contributed by atoms with Crippen LogP contribution in [0.1, 0.15) is 48.1 Å². The summed E-state index contributed by atoms with van der Waals surface area (Å²) in [4.78, 5) is 18.4. The number of halogens is 3. The summed E-state index contributed by atoms with van der Waals surface area (Å²) in [5.41, 5.74) is 0.624. The smallest absolute Gasteiger partial charge is 0.433 e. The number of aromatic nitrogens is 1. The average molecular weight is 432 g/mol. The Kier molecular flexibility index (Phi) is 6.68. The lowest BCUT2D eigenvalue weighted by Crippen LogP contribution is -2.29. The summed E-state index contributed by atoms with van der Waals surface area (Å²) in [5.74, 6) is -0.193. The number of ether oxygens (including phenoxy) is 1. The molecular formula is C22H23F3N4O2. The number of carbonyl (C=O) groups is 1. The van der Waals surface area contributed by atoms with Gasteiger partial charge in [-0.05, 0) is 43.5 Å². The second-order valence-electron chi connectivity index (χ2n) is 7.38. The molecule has 164 valence electrons. The molecule has 9 heteroatoms. The lowest BCUT2D eigenvalue weighted by Gasteiger charge is -2.22. The lowest BCUT2D eigenvalue weighted by atomic mass is 9.98. The highest BCUT2D eigenvalue weighted by atomic mass is 19.4. The first-order valence-electron chi connectivity index (χ1n) is 9.92. The third kappa shape index (κ3) is 5.08. The molecule has 1 N–H and O–H groups in total. The minimum absolute atomic E-state index is 0.0631. The van der Waals surface area contributed by atoms with Crippen LogP contribution >= 0.6 is 0 Å². The van der Waals surface area contributed by atoms with E-state index in [9.17, 15) is 18.0 Å². The van der Waals surface area contributed by atoms with Crippen LogP contribution in [0.15, 0.2) is 30.3 Å². The van der Waals surface area contributed by atoms with E-state index < -0.39 is 17.8 Å². The van der Waals surface area contributed by atoms with Crippen molar-refractivity contribution in [2.24, 2.45) is 0 Å². The van der Waals surface area contributed by atoms with Gasteiger partial charge in [-0.25, -0.2) is 4.98 Å². The Morgan fingerprint density at radius 2 is 2.00 bits per heavy atom. The Hall–Kier alpha value is -3.28. The van der Waals surface area contributed by atoms with E-state index in [-0.39, 0.29) is 18.3 Å². The molecule has 1 saturated heterocycles. The summed E-state index contributed by atoms with van der Waals surface area (Å²) in [6.45, 7) is 3.05. The van der Waals surface area contributed by atoms with Crippen molar-refractivity contribution < 1.29 is 22.7 Å². The molecule has 0 bridgehead atoms. The van der Waals surface area contributed by atoms with Crippen LogP contribution in [-0.4, -0.2) is 31.1 Å². The monoisotopic (exact) mass is 432 g/mol. The molecule has 3 rings (SSSR count). The van der Waals surface area contributed by atoms with E-state index in [1.165, 1.54) is 13.2 Å². The second kappa shape index (κ2) is 9.25. The van der Waals surface area contributed by atoms with Crippen LogP contribution in [0.4, 0.5) is 19.0 Å². The first-order valence-corrected chi connectivity index (χ1v) is 9.92. The molecule has 0 radical (unpaired) electrons. The number of rotatable bonds is 6. The normalized spacial score (nSPS) is 14.8. The third-order valence-corrected chi connectivity index (χ3v) is 5.34. The molecule has 1 amide bonds. The number of benzene rings is 1. The minimum Gasteiger partial charge on any atom is -0.495 e. The first kappa shape index (κ1) is 22.4. The maximum absolute atomic E-state index is 13.1. The highest BCUT2D eigenvalue weighted by molar-refractivity contribution is 5.83. The Balaban J connectivity index is 1.77. The van der Waals surface area contributed by atoms with Crippen LogP contribution in [0.2, 0.25) is 0 Å². The van der Waals surface area contributed by atoms with Gasteiger partial charge < -0.3 is 15.0 Å². The first-order chi connectivity index (χ1) is 14.7. The standard InChI is InChI=1S/C22H23F3N4O2/c1-14(15-5-6-16(12-26)18(11-15)31-2)21(30)27-13-17-7-8-19(22(23,24)25)28-20(17)29-9-3-4-10-29/h5-8,11,14H,3-4,9-10,13H2,1-2H3,(H,27,30). The van der Waals surface area contributed by atoms with Crippen LogP contribution in [0.25, 0.3) is 0 Å². The summed E-state index contributed by atoms with van der Waals surface area (Å²) >= 11 is 0. The molecule has 2 aromatic rings. The second-order valence-corrected chi connectivity index (χ2v) is 7.38. The number of nitrogens with one attached hydrogen (secondary N) is 1. The number of methoxy groups -OCH3 is 1. The molecule has 0 spiro atoms. The van der Waals surface area contributed by atoms with Gasteiger partial charge in [-0.15, -0.1) is 0 Å². The van der Waals surface area contributed by atoms with E-state index in [2.05, 4.69) is 10.3 Å². The van der Waals surface area contributed by atoms with Crippen LogP contribution in [0, 0.1) is 11.3 Å². The zero-order valence-electron chi connectivity index (χ0n) is 17.3. The molecular weight excluding hydrogens is 409 g/mol. The predicted molar refractivity (Wildman–Crippen MR) is 109 cm³/mol. The third-order valence-electron chi connectivity index (χ3n) is 5.34. The van der Waals surface area contributed by atoms with Crippen molar-refractivity contribution in [1.29, 1.82) is 5.26 Å². The quantitative estimate of drug-likeness (QED) is 0.747. The fourth-order valence-electron chi connectivity index (χ4n) is 3.53. The Bertz CT molecular complexity index is 995. The summed E-state index contributed by atoms with van der Waals surface area (Å²) in [6, 6.07) is 9.24. The van der Waals surface area contributed by atoms with Crippen LogP contribution < -0.4 is 15.0 Å². The molecule has 0 saturated carbocycles. The van der Waals surface area contributed by atoms with Gasteiger partial charge in [0, 0.05) is 25.2 Å². The van der Waals surface area contributed by atoms with Gasteiger partial charge in [-0.1, -0.05) is 12.1 Å². The van der Waals surface area contributed by atoms with E-state index in [4.69, 9.17) is 10.00 Å². The molecule has 1 aromatic heterocycles. The molecule has 1 aliphatic rings. The van der Waals surface area contributed by atoms with Gasteiger partial charge >= 0.3 is 6.18 Å². The van der Waals surface area contributed by atoms with Crippen molar-refractivity contribution in [3.63, 3.8) is 0 Å². The average Bonchev–Trinajstić information content (AvgIpc) is 3.30. The number of carbonyl (C=O) groups excluding carboxylic acids is 1. The van der Waals surface area contributed by atoms with Gasteiger partial charge in [0.1, 0.15) is 23.3 Å². The van der Waals surface area contributed by atoms with Crippen molar-refractivity contribution >= 4 is 11.7 Å². The molecule has 0 aliphatic carbocycles. The van der Waals surface area contributed by atoms with Crippen molar-refractivity contribution in [1.82, 2.24) is 10.3 Å². The minimum atomic E-state index is -4.53. The Morgan fingerprint density at radius 1 is 1.29 bits per heavy atom.